The third kappa shape index (κ3) is 0.500. The van der Waals surface area contributed by atoms with E-state index in [1.807, 2.05) is 0 Å². The van der Waals surface area contributed by atoms with Gasteiger partial charge in [-0.2, -0.15) is 0 Å². The summed E-state index contributed by atoms with van der Waals surface area (Å²) >= 11 is 0. The lowest BCUT2D eigenvalue weighted by molar-refractivity contribution is 0.595. The summed E-state index contributed by atoms with van der Waals surface area (Å²) in [6.07, 6.45) is 6.10. The molecule has 4 heteroatoms. The Bertz CT molecular complexity index is 360. The average Bonchev–Trinajstić information content (AvgIpc) is 2.44. The van der Waals surface area contributed by atoms with Crippen molar-refractivity contribution in [3.63, 3.8) is 0 Å². The van der Waals surface area contributed by atoms with E-state index in [9.17, 15) is 0 Å². The van der Waals surface area contributed by atoms with Gasteiger partial charge in [0, 0.05) is 18.6 Å². The van der Waals surface area contributed by atoms with Crippen molar-refractivity contribution in [3.8, 4) is 0 Å². The maximum atomic E-state index is 6.95. The van der Waals surface area contributed by atoms with Crippen LogP contribution in [-0.4, -0.2) is 15.6 Å². The molecule has 2 heterocycles. The minimum absolute atomic E-state index is 0.526. The van der Waals surface area contributed by atoms with Crippen molar-refractivity contribution >= 4 is 12.1 Å². The summed E-state index contributed by atoms with van der Waals surface area (Å²) in [6.45, 7) is 0. The summed E-state index contributed by atoms with van der Waals surface area (Å²) in [4.78, 5) is 3.88. The predicted molar refractivity (Wildman–Crippen MR) is 35.3 cm³/mol. The van der Waals surface area contributed by atoms with Crippen LogP contribution < -0.4 is 0 Å². The minimum Gasteiger partial charge on any atom is -0.431 e. The fourth-order valence-corrected chi connectivity index (χ4v) is 0.847. The second-order valence-electron chi connectivity index (χ2n) is 1.88. The van der Waals surface area contributed by atoms with Gasteiger partial charge in [-0.05, 0) is 0 Å². The first-order valence-corrected chi connectivity index (χ1v) is 2.83. The SMILES string of the molecule is N=Cc1coc2nccn12. The number of aromatic nitrogens is 2. The van der Waals surface area contributed by atoms with E-state index in [4.69, 9.17) is 9.83 Å². The third-order valence-electron chi connectivity index (χ3n) is 1.32. The number of hydrogen-bond acceptors (Lipinski definition) is 3. The van der Waals surface area contributed by atoms with E-state index in [2.05, 4.69) is 4.98 Å². The van der Waals surface area contributed by atoms with Gasteiger partial charge in [-0.15, -0.1) is 0 Å². The van der Waals surface area contributed by atoms with Gasteiger partial charge in [-0.25, -0.2) is 4.98 Å². The molecule has 0 aliphatic carbocycles. The van der Waals surface area contributed by atoms with Gasteiger partial charge in [0.2, 0.25) is 0 Å². The van der Waals surface area contributed by atoms with E-state index in [-0.39, 0.29) is 0 Å². The van der Waals surface area contributed by atoms with Crippen LogP contribution in [0.2, 0.25) is 0 Å². The van der Waals surface area contributed by atoms with Crippen molar-refractivity contribution in [3.05, 3.63) is 24.4 Å². The quantitative estimate of drug-likeness (QED) is 0.591. The number of nitrogens with zero attached hydrogens (tertiary/aromatic N) is 2. The molecule has 0 spiro atoms. The van der Waals surface area contributed by atoms with Gasteiger partial charge in [-0.3, -0.25) is 4.40 Å². The summed E-state index contributed by atoms with van der Waals surface area (Å²) in [5.74, 6) is 0.526. The molecule has 0 aliphatic heterocycles. The van der Waals surface area contributed by atoms with Crippen LogP contribution in [0.15, 0.2) is 23.1 Å². The van der Waals surface area contributed by atoms with Crippen LogP contribution in [0.1, 0.15) is 5.69 Å². The average molecular weight is 135 g/mol. The van der Waals surface area contributed by atoms with Gasteiger partial charge in [0.15, 0.2) is 0 Å². The van der Waals surface area contributed by atoms with E-state index in [0.29, 0.717) is 11.5 Å². The zero-order chi connectivity index (χ0) is 6.97. The second-order valence-corrected chi connectivity index (χ2v) is 1.88. The molecular weight excluding hydrogens is 130 g/mol. The smallest absolute Gasteiger partial charge is 0.306 e. The molecule has 0 fully saturated rings. The molecule has 0 saturated heterocycles. The zero-order valence-electron chi connectivity index (χ0n) is 5.11. The fraction of sp³-hybridized carbons (Fsp3) is 0. The monoisotopic (exact) mass is 135 g/mol. The van der Waals surface area contributed by atoms with Gasteiger partial charge in [0.25, 0.3) is 0 Å². The Balaban J connectivity index is 2.88. The zero-order valence-corrected chi connectivity index (χ0v) is 5.11. The highest BCUT2D eigenvalue weighted by atomic mass is 16.3. The Morgan fingerprint density at radius 1 is 1.70 bits per heavy atom. The van der Waals surface area contributed by atoms with Crippen LogP contribution in [0.5, 0.6) is 0 Å². The van der Waals surface area contributed by atoms with Crippen LogP contribution in [-0.2, 0) is 0 Å². The fourth-order valence-electron chi connectivity index (χ4n) is 0.847. The number of oxazole rings is 1. The maximum absolute atomic E-state index is 6.95. The van der Waals surface area contributed by atoms with Gasteiger partial charge in [0.1, 0.15) is 12.0 Å². The van der Waals surface area contributed by atoms with Crippen molar-refractivity contribution in [2.24, 2.45) is 0 Å². The first-order valence-electron chi connectivity index (χ1n) is 2.83. The van der Waals surface area contributed by atoms with E-state index in [0.717, 1.165) is 0 Å². The Kier molecular flexibility index (Phi) is 0.887. The van der Waals surface area contributed by atoms with Gasteiger partial charge in [-0.1, -0.05) is 0 Å². The van der Waals surface area contributed by atoms with Crippen LogP contribution in [0, 0.1) is 5.41 Å². The molecule has 0 unspecified atom stereocenters. The van der Waals surface area contributed by atoms with Gasteiger partial charge in [0.05, 0.1) is 0 Å². The maximum Gasteiger partial charge on any atom is 0.306 e. The minimum atomic E-state index is 0.526. The van der Waals surface area contributed by atoms with Crippen molar-refractivity contribution in [2.45, 2.75) is 0 Å². The van der Waals surface area contributed by atoms with Crippen molar-refractivity contribution in [1.29, 1.82) is 5.41 Å². The topological polar surface area (TPSA) is 54.3 Å². The second kappa shape index (κ2) is 1.70. The van der Waals surface area contributed by atoms with Crippen molar-refractivity contribution in [2.75, 3.05) is 0 Å². The standard InChI is InChI=1S/C6H5N3O/c7-3-5-4-10-6-8-1-2-9(5)6/h1-4,7H. The summed E-state index contributed by atoms with van der Waals surface area (Å²) in [5.41, 5.74) is 0.701. The lowest BCUT2D eigenvalue weighted by Crippen LogP contribution is -1.84. The Labute approximate surface area is 56.6 Å². The van der Waals surface area contributed by atoms with Crippen LogP contribution in [0.25, 0.3) is 5.84 Å². The lowest BCUT2D eigenvalue weighted by atomic mass is 10.5. The predicted octanol–water partition coefficient (Wildman–Crippen LogP) is 0.925. The number of imidazole rings is 1. The first kappa shape index (κ1) is 5.22. The van der Waals surface area contributed by atoms with Gasteiger partial charge >= 0.3 is 5.84 Å². The van der Waals surface area contributed by atoms with E-state index in [1.165, 1.54) is 12.5 Å². The van der Waals surface area contributed by atoms with Crippen molar-refractivity contribution < 1.29 is 4.42 Å². The largest absolute Gasteiger partial charge is 0.431 e. The van der Waals surface area contributed by atoms with Crippen LogP contribution in [0.4, 0.5) is 0 Å². The number of nitrogens with one attached hydrogen (secondary N) is 1. The molecule has 1 N–H and O–H groups in total. The molecule has 10 heavy (non-hydrogen) atoms. The van der Waals surface area contributed by atoms with E-state index < -0.39 is 0 Å². The number of hydrogen-bond donors (Lipinski definition) is 1. The molecule has 4 nitrogen and oxygen atoms in total. The Hall–Kier alpha value is -1.58. The third-order valence-corrected chi connectivity index (χ3v) is 1.32. The van der Waals surface area contributed by atoms with Gasteiger partial charge < -0.3 is 9.83 Å². The molecule has 0 aliphatic rings. The molecule has 0 saturated carbocycles. The Morgan fingerprint density at radius 3 is 3.40 bits per heavy atom. The molecular formula is C6H5N3O. The van der Waals surface area contributed by atoms with Crippen molar-refractivity contribution in [1.82, 2.24) is 9.38 Å². The highest BCUT2D eigenvalue weighted by molar-refractivity contribution is 5.74. The Morgan fingerprint density at radius 2 is 2.60 bits per heavy atom. The summed E-state index contributed by atoms with van der Waals surface area (Å²) in [5, 5.41) is 6.95. The molecule has 0 aromatic carbocycles. The molecule has 2 rings (SSSR count). The van der Waals surface area contributed by atoms with Crippen LogP contribution in [0.3, 0.4) is 0 Å². The summed E-state index contributed by atoms with van der Waals surface area (Å²) in [6, 6.07) is 0. The highest BCUT2D eigenvalue weighted by Gasteiger charge is 2.00. The normalized spacial score (nSPS) is 10.4. The first-order chi connectivity index (χ1) is 4.92. The lowest BCUT2D eigenvalue weighted by Gasteiger charge is -1.80. The molecule has 0 radical (unpaired) electrons. The molecule has 0 bridgehead atoms. The number of fused-ring (bicyclic) bond motifs is 1. The molecule has 0 amide bonds. The van der Waals surface area contributed by atoms with E-state index >= 15 is 0 Å². The van der Waals surface area contributed by atoms with E-state index in [1.54, 1.807) is 16.8 Å². The van der Waals surface area contributed by atoms with Crippen LogP contribution >= 0.6 is 0 Å². The highest BCUT2D eigenvalue weighted by Crippen LogP contribution is 2.04. The summed E-state index contributed by atoms with van der Waals surface area (Å²) in [7, 11) is 0. The molecule has 2 aromatic rings. The molecule has 50 valence electrons. The molecule has 0 atom stereocenters. The summed E-state index contributed by atoms with van der Waals surface area (Å²) < 4.78 is 6.68. The number of rotatable bonds is 1. The molecule has 2 aromatic heterocycles.